The largest absolute Gasteiger partial charge is 0.465 e. The van der Waals surface area contributed by atoms with Crippen molar-refractivity contribution in [2.45, 2.75) is 78.4 Å². The third-order valence-corrected chi connectivity index (χ3v) is 9.92. The number of ether oxygens (including phenoxy) is 2. The number of esters is 2. The molecule has 44 heavy (non-hydrogen) atoms. The van der Waals surface area contributed by atoms with Crippen molar-refractivity contribution in [3.8, 4) is 11.1 Å². The number of para-hydroxylation sites is 1. The zero-order chi connectivity index (χ0) is 30.8. The minimum atomic E-state index is -0.625. The van der Waals surface area contributed by atoms with Crippen molar-refractivity contribution in [1.29, 1.82) is 0 Å². The Labute approximate surface area is 258 Å². The zero-order valence-electron chi connectivity index (χ0n) is 26.2. The molecule has 4 saturated carbocycles. The average Bonchev–Trinajstić information content (AvgIpc) is 3.53. The van der Waals surface area contributed by atoms with Crippen LogP contribution >= 0.6 is 0 Å². The number of rotatable bonds is 7. The highest BCUT2D eigenvalue weighted by atomic mass is 16.6. The Morgan fingerprint density at radius 3 is 2.32 bits per heavy atom. The van der Waals surface area contributed by atoms with Gasteiger partial charge in [0, 0.05) is 29.6 Å². The maximum atomic E-state index is 13.3. The van der Waals surface area contributed by atoms with Gasteiger partial charge in [0.15, 0.2) is 5.65 Å². The molecule has 230 valence electrons. The average molecular weight is 596 g/mol. The van der Waals surface area contributed by atoms with E-state index in [1.54, 1.807) is 22.7 Å². The van der Waals surface area contributed by atoms with Crippen molar-refractivity contribution >= 4 is 29.1 Å². The van der Waals surface area contributed by atoms with Gasteiger partial charge in [-0.15, -0.1) is 0 Å². The molecule has 8 rings (SSSR count). The quantitative estimate of drug-likeness (QED) is 0.225. The van der Waals surface area contributed by atoms with Crippen LogP contribution in [0.3, 0.4) is 0 Å². The molecule has 0 aliphatic heterocycles. The highest BCUT2D eigenvalue weighted by Crippen LogP contribution is 2.60. The van der Waals surface area contributed by atoms with Crippen molar-refractivity contribution in [2.75, 3.05) is 12.4 Å². The van der Waals surface area contributed by atoms with E-state index in [1.807, 2.05) is 51.4 Å². The number of carbonyl (C=O) groups is 2. The molecule has 0 atom stereocenters. The maximum absolute atomic E-state index is 13.3. The van der Waals surface area contributed by atoms with E-state index in [-0.39, 0.29) is 0 Å². The van der Waals surface area contributed by atoms with Crippen molar-refractivity contribution in [3.05, 3.63) is 65.7 Å². The van der Waals surface area contributed by atoms with Crippen LogP contribution in [-0.4, -0.2) is 43.8 Å². The molecular weight excluding hydrogens is 554 g/mol. The van der Waals surface area contributed by atoms with E-state index in [9.17, 15) is 9.59 Å². The molecule has 4 aromatic rings. The number of pyridine rings is 1. The monoisotopic (exact) mass is 595 g/mol. The summed E-state index contributed by atoms with van der Waals surface area (Å²) in [6.07, 6.45) is 13.6. The third-order valence-electron chi connectivity index (χ3n) is 9.92. The molecule has 4 bridgehead atoms. The van der Waals surface area contributed by atoms with Crippen molar-refractivity contribution in [2.24, 2.45) is 23.2 Å². The summed E-state index contributed by atoms with van der Waals surface area (Å²) in [5, 5.41) is 8.19. The minimum Gasteiger partial charge on any atom is -0.465 e. The summed E-state index contributed by atoms with van der Waals surface area (Å²) in [4.78, 5) is 30.9. The molecule has 0 amide bonds. The Morgan fingerprint density at radius 1 is 0.977 bits per heavy atom. The van der Waals surface area contributed by atoms with Crippen LogP contribution in [0.15, 0.2) is 48.9 Å². The second kappa shape index (κ2) is 10.5. The summed E-state index contributed by atoms with van der Waals surface area (Å²) >= 11 is 0. The zero-order valence-corrected chi connectivity index (χ0v) is 26.2. The summed E-state index contributed by atoms with van der Waals surface area (Å²) in [5.74, 6) is 2.35. The van der Waals surface area contributed by atoms with Crippen LogP contribution < -0.4 is 5.32 Å². The first-order valence-corrected chi connectivity index (χ1v) is 15.7. The molecule has 4 aliphatic carbocycles. The molecule has 0 unspecified atom stereocenters. The van der Waals surface area contributed by atoms with Gasteiger partial charge in [-0.05, 0) is 108 Å². The summed E-state index contributed by atoms with van der Waals surface area (Å²) in [6, 6.07) is 9.11. The normalized spacial score (nSPS) is 24.1. The van der Waals surface area contributed by atoms with Crippen LogP contribution in [0.4, 0.5) is 11.5 Å². The third kappa shape index (κ3) is 5.06. The van der Waals surface area contributed by atoms with E-state index in [4.69, 9.17) is 14.6 Å². The van der Waals surface area contributed by atoms with Gasteiger partial charge in [-0.1, -0.05) is 12.1 Å². The van der Waals surface area contributed by atoms with Gasteiger partial charge in [-0.2, -0.15) is 5.10 Å². The number of hydrogen-bond donors (Lipinski definition) is 1. The van der Waals surface area contributed by atoms with Gasteiger partial charge in [0.05, 0.1) is 30.8 Å². The van der Waals surface area contributed by atoms with Crippen LogP contribution in [0.1, 0.15) is 85.7 Å². The number of carbonyl (C=O) groups excluding carboxylic acids is 2. The Morgan fingerprint density at radius 2 is 1.66 bits per heavy atom. The molecule has 0 radical (unpaired) electrons. The van der Waals surface area contributed by atoms with E-state index < -0.39 is 17.5 Å². The lowest BCUT2D eigenvalue weighted by atomic mass is 9.49. The van der Waals surface area contributed by atoms with Crippen LogP contribution in [0.2, 0.25) is 0 Å². The fraction of sp³-hybridized carbons (Fsp3) is 0.486. The molecule has 9 heteroatoms. The Kier molecular flexibility index (Phi) is 6.83. The first-order valence-electron chi connectivity index (χ1n) is 15.7. The lowest BCUT2D eigenvalue weighted by Crippen LogP contribution is -2.48. The van der Waals surface area contributed by atoms with Gasteiger partial charge in [-0.25, -0.2) is 14.6 Å². The van der Waals surface area contributed by atoms with Crippen LogP contribution in [-0.2, 0) is 16.0 Å². The topological polar surface area (TPSA) is 99.8 Å². The Balaban J connectivity index is 1.22. The van der Waals surface area contributed by atoms with Gasteiger partial charge in [-0.3, -0.25) is 9.08 Å². The van der Waals surface area contributed by atoms with Crippen LogP contribution in [0.5, 0.6) is 0 Å². The molecule has 0 saturated heterocycles. The van der Waals surface area contributed by atoms with Gasteiger partial charge in [0.1, 0.15) is 17.0 Å². The number of aromatic nitrogens is 4. The SMILES string of the molecule is COC(=O)c1c(-c2cnn(CC34CC5CC(CC(C5)C3)C4)c2C)ccn2c(Nc3ccccc3C(=O)OC(C)(C)C)cnc12. The second-order valence-corrected chi connectivity index (χ2v) is 14.3. The standard InChI is InChI=1S/C35H41N5O4/c1-21-27(18-37-40(21)20-35-15-22-12-23(16-35)14-24(13-22)17-35)25-10-11-39-29(19-36-31(39)30(25)33(42)43-5)38-28-9-7-6-8-26(28)32(41)44-34(2,3)4/h6-11,18-19,22-24,38H,12-17,20H2,1-5H3. The Bertz CT molecular complexity index is 1720. The lowest BCUT2D eigenvalue weighted by Gasteiger charge is -2.56. The summed E-state index contributed by atoms with van der Waals surface area (Å²) in [5.41, 5.74) is 4.23. The number of imidazole rings is 1. The first-order chi connectivity index (χ1) is 21.0. The van der Waals surface area contributed by atoms with E-state index in [0.29, 0.717) is 33.7 Å². The predicted octanol–water partition coefficient (Wildman–Crippen LogP) is 7.21. The summed E-state index contributed by atoms with van der Waals surface area (Å²) < 4.78 is 14.9. The molecule has 4 aliphatic rings. The van der Waals surface area contributed by atoms with Crippen molar-refractivity contribution in [3.63, 3.8) is 0 Å². The fourth-order valence-electron chi connectivity index (χ4n) is 8.58. The van der Waals surface area contributed by atoms with Crippen LogP contribution in [0, 0.1) is 30.1 Å². The molecule has 1 N–H and O–H groups in total. The number of nitrogens with one attached hydrogen (secondary N) is 1. The van der Waals surface area contributed by atoms with E-state index in [2.05, 4.69) is 21.9 Å². The molecule has 3 heterocycles. The van der Waals surface area contributed by atoms with E-state index in [0.717, 1.165) is 41.1 Å². The molecule has 0 spiro atoms. The molecule has 3 aromatic heterocycles. The highest BCUT2D eigenvalue weighted by Gasteiger charge is 2.51. The van der Waals surface area contributed by atoms with Gasteiger partial charge in [0.25, 0.3) is 0 Å². The highest BCUT2D eigenvalue weighted by molar-refractivity contribution is 6.03. The summed E-state index contributed by atoms with van der Waals surface area (Å²) in [6.45, 7) is 8.55. The first kappa shape index (κ1) is 28.6. The summed E-state index contributed by atoms with van der Waals surface area (Å²) in [7, 11) is 1.39. The molecule has 9 nitrogen and oxygen atoms in total. The van der Waals surface area contributed by atoms with Gasteiger partial charge < -0.3 is 14.8 Å². The van der Waals surface area contributed by atoms with Crippen LogP contribution in [0.25, 0.3) is 16.8 Å². The van der Waals surface area contributed by atoms with E-state index in [1.165, 1.54) is 45.6 Å². The number of nitrogens with zero attached hydrogens (tertiary/aromatic N) is 4. The number of benzene rings is 1. The van der Waals surface area contributed by atoms with Crippen molar-refractivity contribution in [1.82, 2.24) is 19.2 Å². The Hall–Kier alpha value is -4.14. The number of anilines is 2. The maximum Gasteiger partial charge on any atom is 0.342 e. The molecular formula is C35H41N5O4. The predicted molar refractivity (Wildman–Crippen MR) is 168 cm³/mol. The fourth-order valence-corrected chi connectivity index (χ4v) is 8.58. The van der Waals surface area contributed by atoms with Crippen molar-refractivity contribution < 1.29 is 19.1 Å². The van der Waals surface area contributed by atoms with Gasteiger partial charge >= 0.3 is 11.9 Å². The number of methoxy groups -OCH3 is 1. The van der Waals surface area contributed by atoms with E-state index >= 15 is 0 Å². The molecule has 4 fully saturated rings. The minimum absolute atomic E-state index is 0.344. The number of hydrogen-bond acceptors (Lipinski definition) is 7. The smallest absolute Gasteiger partial charge is 0.342 e. The lowest BCUT2D eigenvalue weighted by molar-refractivity contribution is -0.0638. The number of fused-ring (bicyclic) bond motifs is 1. The van der Waals surface area contributed by atoms with Gasteiger partial charge in [0.2, 0.25) is 0 Å². The molecule has 1 aromatic carbocycles. The second-order valence-electron chi connectivity index (χ2n) is 14.3.